The van der Waals surface area contributed by atoms with Crippen LogP contribution in [0.2, 0.25) is 0 Å². The summed E-state index contributed by atoms with van der Waals surface area (Å²) in [5, 5.41) is 0. The van der Waals surface area contributed by atoms with Crippen LogP contribution in [0.5, 0.6) is 0 Å². The molecule has 2 nitrogen and oxygen atoms in total. The van der Waals surface area contributed by atoms with Crippen molar-refractivity contribution >= 4 is 11.4 Å². The largest absolute Gasteiger partial charge is 0.398 e. The van der Waals surface area contributed by atoms with Crippen LogP contribution >= 0.6 is 0 Å². The second kappa shape index (κ2) is 11.0. The molecular formula is C34H32N2. The summed E-state index contributed by atoms with van der Waals surface area (Å²) >= 11 is 0. The normalized spacial score (nSPS) is 10.9. The number of nitrogen functional groups attached to an aromatic ring is 2. The molecule has 0 saturated heterocycles. The fraction of sp³-hybridized carbons (Fsp3) is 0.118. The third kappa shape index (κ3) is 5.34. The molecule has 178 valence electrons. The predicted octanol–water partition coefficient (Wildman–Crippen LogP) is 7.21. The fourth-order valence-corrected chi connectivity index (χ4v) is 5.02. The first-order chi connectivity index (χ1) is 17.7. The van der Waals surface area contributed by atoms with E-state index in [0.717, 1.165) is 59.3 Å². The lowest BCUT2D eigenvalue weighted by Crippen LogP contribution is -2.14. The molecule has 0 atom stereocenters. The van der Waals surface area contributed by atoms with Crippen LogP contribution in [0.15, 0.2) is 121 Å². The second-order valence-corrected chi connectivity index (χ2v) is 9.39. The van der Waals surface area contributed by atoms with Gasteiger partial charge in [-0.3, -0.25) is 0 Å². The zero-order chi connectivity index (χ0) is 24.7. The van der Waals surface area contributed by atoms with E-state index < -0.39 is 0 Å². The Morgan fingerprint density at radius 1 is 0.306 bits per heavy atom. The van der Waals surface area contributed by atoms with Gasteiger partial charge in [0.05, 0.1) is 0 Å². The maximum Gasteiger partial charge on any atom is 0.0393 e. The van der Waals surface area contributed by atoms with Crippen LogP contribution in [-0.4, -0.2) is 0 Å². The summed E-state index contributed by atoms with van der Waals surface area (Å²) in [5.74, 6) is 0. The Labute approximate surface area is 214 Å². The van der Waals surface area contributed by atoms with Gasteiger partial charge in [0, 0.05) is 11.4 Å². The molecule has 0 unspecified atom stereocenters. The molecule has 0 aliphatic carbocycles. The van der Waals surface area contributed by atoms with Gasteiger partial charge in [0.25, 0.3) is 0 Å². The van der Waals surface area contributed by atoms with E-state index in [1.54, 1.807) is 0 Å². The van der Waals surface area contributed by atoms with E-state index in [9.17, 15) is 0 Å². The molecule has 0 radical (unpaired) electrons. The minimum Gasteiger partial charge on any atom is -0.398 e. The quantitative estimate of drug-likeness (QED) is 0.236. The third-order valence-corrected chi connectivity index (χ3v) is 6.92. The summed E-state index contributed by atoms with van der Waals surface area (Å²) in [6.07, 6.45) is 3.03. The predicted molar refractivity (Wildman–Crippen MR) is 152 cm³/mol. The minimum absolute atomic E-state index is 0.756. The molecule has 0 spiro atoms. The average Bonchev–Trinajstić information content (AvgIpc) is 2.93. The minimum atomic E-state index is 0.756. The highest BCUT2D eigenvalue weighted by Crippen LogP contribution is 2.38. The van der Waals surface area contributed by atoms with Gasteiger partial charge in [-0.25, -0.2) is 0 Å². The van der Waals surface area contributed by atoms with Gasteiger partial charge in [-0.1, -0.05) is 121 Å². The van der Waals surface area contributed by atoms with Crippen molar-refractivity contribution in [1.29, 1.82) is 0 Å². The van der Waals surface area contributed by atoms with E-state index in [4.69, 9.17) is 11.5 Å². The average molecular weight is 469 g/mol. The summed E-state index contributed by atoms with van der Waals surface area (Å²) < 4.78 is 0. The molecule has 2 heteroatoms. The first-order valence-corrected chi connectivity index (χ1v) is 12.5. The Bertz CT molecular complexity index is 1190. The zero-order valence-corrected chi connectivity index (χ0v) is 20.5. The smallest absolute Gasteiger partial charge is 0.0393 e. The number of hydrogen-bond donors (Lipinski definition) is 2. The molecule has 36 heavy (non-hydrogen) atoms. The number of anilines is 2. The monoisotopic (exact) mass is 468 g/mol. The van der Waals surface area contributed by atoms with E-state index in [1.807, 2.05) is 0 Å². The van der Waals surface area contributed by atoms with Crippen LogP contribution in [0.3, 0.4) is 0 Å². The van der Waals surface area contributed by atoms with Gasteiger partial charge in [0.15, 0.2) is 0 Å². The van der Waals surface area contributed by atoms with E-state index in [1.165, 1.54) is 22.3 Å². The molecule has 5 rings (SSSR count). The molecule has 0 aromatic heterocycles. The summed E-state index contributed by atoms with van der Waals surface area (Å²) in [6.45, 7) is 0. The Morgan fingerprint density at radius 2 is 0.500 bits per heavy atom. The van der Waals surface area contributed by atoms with Crippen LogP contribution in [0.1, 0.15) is 44.5 Å². The van der Waals surface area contributed by atoms with Gasteiger partial charge in [-0.15, -0.1) is 0 Å². The van der Waals surface area contributed by atoms with Gasteiger partial charge in [-0.05, 0) is 70.2 Å². The van der Waals surface area contributed by atoms with Crippen molar-refractivity contribution in [2.75, 3.05) is 11.5 Å². The molecular weight excluding hydrogens is 436 g/mol. The van der Waals surface area contributed by atoms with Gasteiger partial charge >= 0.3 is 0 Å². The SMILES string of the molecule is Nc1c(Cc2ccccc2)c(Cc2ccccc2)c(N)c(Cc2ccccc2)c1Cc1ccccc1. The van der Waals surface area contributed by atoms with E-state index in [0.29, 0.717) is 0 Å². The van der Waals surface area contributed by atoms with Crippen molar-refractivity contribution in [3.05, 3.63) is 166 Å². The molecule has 0 fully saturated rings. The van der Waals surface area contributed by atoms with Crippen LogP contribution < -0.4 is 11.5 Å². The first-order valence-electron chi connectivity index (χ1n) is 12.5. The summed E-state index contributed by atoms with van der Waals surface area (Å²) in [7, 11) is 0. The van der Waals surface area contributed by atoms with E-state index in [-0.39, 0.29) is 0 Å². The lowest BCUT2D eigenvalue weighted by molar-refractivity contribution is 1.04. The second-order valence-electron chi connectivity index (χ2n) is 9.39. The van der Waals surface area contributed by atoms with Crippen molar-refractivity contribution in [2.45, 2.75) is 25.7 Å². The molecule has 0 amide bonds. The Hall–Kier alpha value is -4.30. The van der Waals surface area contributed by atoms with Gasteiger partial charge in [0.1, 0.15) is 0 Å². The first kappa shape index (κ1) is 23.4. The van der Waals surface area contributed by atoms with Gasteiger partial charge in [0.2, 0.25) is 0 Å². The third-order valence-electron chi connectivity index (χ3n) is 6.92. The Balaban J connectivity index is 1.70. The number of hydrogen-bond acceptors (Lipinski definition) is 2. The maximum absolute atomic E-state index is 7.10. The number of benzene rings is 5. The lowest BCUT2D eigenvalue weighted by atomic mass is 9.83. The van der Waals surface area contributed by atoms with Gasteiger partial charge in [-0.2, -0.15) is 0 Å². The molecule has 0 saturated carbocycles. The molecule has 5 aromatic rings. The highest BCUT2D eigenvalue weighted by atomic mass is 14.6. The van der Waals surface area contributed by atoms with Crippen LogP contribution in [0.4, 0.5) is 11.4 Å². The molecule has 5 aromatic carbocycles. The molecule has 0 bridgehead atoms. The summed E-state index contributed by atoms with van der Waals surface area (Å²) in [5.41, 5.74) is 25.5. The molecule has 0 aliphatic heterocycles. The summed E-state index contributed by atoms with van der Waals surface area (Å²) in [6, 6.07) is 42.2. The molecule has 0 aliphatic rings. The maximum atomic E-state index is 7.10. The van der Waals surface area contributed by atoms with Crippen LogP contribution in [0.25, 0.3) is 0 Å². The fourth-order valence-electron chi connectivity index (χ4n) is 5.02. The zero-order valence-electron chi connectivity index (χ0n) is 20.5. The topological polar surface area (TPSA) is 52.0 Å². The summed E-state index contributed by atoms with van der Waals surface area (Å²) in [4.78, 5) is 0. The highest BCUT2D eigenvalue weighted by Gasteiger charge is 2.22. The van der Waals surface area contributed by atoms with Crippen molar-refractivity contribution in [1.82, 2.24) is 0 Å². The van der Waals surface area contributed by atoms with E-state index >= 15 is 0 Å². The number of rotatable bonds is 8. The molecule has 4 N–H and O–H groups in total. The standard InChI is InChI=1S/C34H32N2/c35-33-29(21-25-13-5-1-6-14-25)30(22-26-15-7-2-8-16-26)34(36)32(24-28-19-11-4-12-20-28)31(33)23-27-17-9-3-10-18-27/h1-20H,21-24,35-36H2. The van der Waals surface area contributed by atoms with Crippen LogP contribution in [0, 0.1) is 0 Å². The van der Waals surface area contributed by atoms with Crippen molar-refractivity contribution in [3.8, 4) is 0 Å². The van der Waals surface area contributed by atoms with Gasteiger partial charge < -0.3 is 11.5 Å². The van der Waals surface area contributed by atoms with E-state index in [2.05, 4.69) is 121 Å². The Morgan fingerprint density at radius 3 is 0.694 bits per heavy atom. The number of nitrogens with two attached hydrogens (primary N) is 2. The van der Waals surface area contributed by atoms with Crippen molar-refractivity contribution in [2.24, 2.45) is 0 Å². The van der Waals surface area contributed by atoms with Crippen LogP contribution in [-0.2, 0) is 25.7 Å². The highest BCUT2D eigenvalue weighted by molar-refractivity contribution is 5.74. The van der Waals surface area contributed by atoms with Crippen molar-refractivity contribution < 1.29 is 0 Å². The Kier molecular flexibility index (Phi) is 7.14. The molecule has 0 heterocycles. The van der Waals surface area contributed by atoms with Crippen molar-refractivity contribution in [3.63, 3.8) is 0 Å². The lowest BCUT2D eigenvalue weighted by Gasteiger charge is -2.24.